The molecule has 0 aliphatic carbocycles. The quantitative estimate of drug-likeness (QED) is 0.806. The van der Waals surface area contributed by atoms with Crippen molar-refractivity contribution in [2.24, 2.45) is 0 Å². The molecule has 1 unspecified atom stereocenters. The number of likely N-dealkylation sites (tertiary alicyclic amines) is 1. The Morgan fingerprint density at radius 2 is 1.96 bits per heavy atom. The first-order chi connectivity index (χ1) is 12.0. The van der Waals surface area contributed by atoms with Crippen molar-refractivity contribution >= 4 is 23.6 Å². The van der Waals surface area contributed by atoms with Gasteiger partial charge in [-0.15, -0.1) is 0 Å². The van der Waals surface area contributed by atoms with Crippen LogP contribution in [0.25, 0.3) is 0 Å². The van der Waals surface area contributed by atoms with E-state index in [0.29, 0.717) is 6.54 Å². The van der Waals surface area contributed by atoms with Gasteiger partial charge in [-0.3, -0.25) is 14.5 Å². The molecule has 1 heterocycles. The third-order valence-corrected chi connectivity index (χ3v) is 5.61. The maximum absolute atomic E-state index is 12.7. The number of carbonyl (C=O) groups is 2. The predicted octanol–water partition coefficient (Wildman–Crippen LogP) is 2.95. The number of likely N-dealkylation sites (N-methyl/N-ethyl adjacent to an activating group) is 1. The van der Waals surface area contributed by atoms with E-state index in [-0.39, 0.29) is 18.5 Å². The van der Waals surface area contributed by atoms with E-state index in [1.165, 1.54) is 5.56 Å². The highest BCUT2D eigenvalue weighted by Gasteiger charge is 2.24. The Bertz CT molecular complexity index is 577. The van der Waals surface area contributed by atoms with Crippen LogP contribution in [-0.4, -0.2) is 65.3 Å². The minimum Gasteiger partial charge on any atom is -0.480 e. The Balaban J connectivity index is 1.92. The molecule has 5 nitrogen and oxygen atoms in total. The van der Waals surface area contributed by atoms with Crippen LogP contribution in [0, 0.1) is 0 Å². The first-order valence-electron chi connectivity index (χ1n) is 8.89. The number of thioether (sulfide) groups is 1. The van der Waals surface area contributed by atoms with Gasteiger partial charge in [0.2, 0.25) is 0 Å². The highest BCUT2D eigenvalue weighted by molar-refractivity contribution is 7.98. The maximum atomic E-state index is 12.7. The Morgan fingerprint density at radius 3 is 2.60 bits per heavy atom. The van der Waals surface area contributed by atoms with Crippen molar-refractivity contribution in [1.29, 1.82) is 0 Å². The first-order valence-corrected chi connectivity index (χ1v) is 10.0. The molecule has 1 amide bonds. The molecular weight excluding hydrogens is 336 g/mol. The molecule has 2 rings (SSSR count). The van der Waals surface area contributed by atoms with Crippen molar-refractivity contribution in [3.05, 3.63) is 35.4 Å². The number of benzene rings is 1. The summed E-state index contributed by atoms with van der Waals surface area (Å²) in [4.78, 5) is 27.4. The number of nitrogens with zero attached hydrogens (tertiary/aromatic N) is 2. The fraction of sp³-hybridized carbons (Fsp3) is 0.579. The molecule has 0 radical (unpaired) electrons. The second kappa shape index (κ2) is 9.82. The summed E-state index contributed by atoms with van der Waals surface area (Å²) in [5, 5.41) is 8.94. The van der Waals surface area contributed by atoms with E-state index in [4.69, 9.17) is 5.11 Å². The predicted molar refractivity (Wildman–Crippen MR) is 102 cm³/mol. The summed E-state index contributed by atoms with van der Waals surface area (Å²) in [7, 11) is 1.85. The van der Waals surface area contributed by atoms with E-state index < -0.39 is 5.97 Å². The van der Waals surface area contributed by atoms with Crippen LogP contribution in [0.2, 0.25) is 0 Å². The Kier molecular flexibility index (Phi) is 7.78. The molecule has 1 aliphatic heterocycles. The smallest absolute Gasteiger partial charge is 0.317 e. The molecule has 1 aliphatic rings. The minimum absolute atomic E-state index is 0.0514. The van der Waals surface area contributed by atoms with E-state index in [1.807, 2.05) is 52.9 Å². The van der Waals surface area contributed by atoms with E-state index in [0.717, 1.165) is 42.9 Å². The van der Waals surface area contributed by atoms with Crippen LogP contribution in [-0.2, 0) is 10.5 Å². The number of hydrogen-bond acceptors (Lipinski definition) is 4. The Hall–Kier alpha value is -1.53. The van der Waals surface area contributed by atoms with Crippen LogP contribution in [0.1, 0.15) is 42.1 Å². The van der Waals surface area contributed by atoms with Crippen LogP contribution in [0.15, 0.2) is 24.3 Å². The van der Waals surface area contributed by atoms with Gasteiger partial charge in [-0.1, -0.05) is 19.1 Å². The number of amides is 1. The van der Waals surface area contributed by atoms with Crippen LogP contribution in [0.3, 0.4) is 0 Å². The van der Waals surface area contributed by atoms with Gasteiger partial charge >= 0.3 is 5.97 Å². The van der Waals surface area contributed by atoms with Gasteiger partial charge in [-0.2, -0.15) is 11.8 Å². The number of carboxylic acid groups (broad SMARTS) is 1. The molecule has 1 saturated heterocycles. The average Bonchev–Trinajstić information content (AvgIpc) is 2.85. The van der Waals surface area contributed by atoms with Crippen molar-refractivity contribution in [2.45, 2.75) is 38.0 Å². The van der Waals surface area contributed by atoms with Crippen LogP contribution < -0.4 is 0 Å². The Morgan fingerprint density at radius 1 is 1.24 bits per heavy atom. The molecule has 0 bridgehead atoms. The molecule has 0 saturated carbocycles. The van der Waals surface area contributed by atoms with Gasteiger partial charge in [-0.05, 0) is 49.8 Å². The number of carboxylic acids is 1. The van der Waals surface area contributed by atoms with Gasteiger partial charge in [0.25, 0.3) is 5.91 Å². The van der Waals surface area contributed by atoms with E-state index in [9.17, 15) is 9.59 Å². The second-order valence-corrected chi connectivity index (χ2v) is 7.79. The first kappa shape index (κ1) is 19.8. The second-order valence-electron chi connectivity index (χ2n) is 6.52. The summed E-state index contributed by atoms with van der Waals surface area (Å²) >= 11 is 1.87. The van der Waals surface area contributed by atoms with Crippen molar-refractivity contribution in [1.82, 2.24) is 9.80 Å². The van der Waals surface area contributed by atoms with Gasteiger partial charge in [-0.25, -0.2) is 0 Å². The van der Waals surface area contributed by atoms with Gasteiger partial charge in [0.05, 0.1) is 6.54 Å². The van der Waals surface area contributed by atoms with Crippen molar-refractivity contribution in [2.75, 3.05) is 32.4 Å². The number of hydrogen-bond donors (Lipinski definition) is 1. The lowest BCUT2D eigenvalue weighted by atomic mass is 10.1. The highest BCUT2D eigenvalue weighted by Crippen LogP contribution is 2.19. The van der Waals surface area contributed by atoms with Gasteiger partial charge in [0.1, 0.15) is 0 Å². The van der Waals surface area contributed by atoms with Crippen LogP contribution >= 0.6 is 11.8 Å². The normalized spacial score (nSPS) is 18.2. The zero-order valence-corrected chi connectivity index (χ0v) is 15.9. The summed E-state index contributed by atoms with van der Waals surface area (Å²) in [5.74, 6) is 1.34. The number of carbonyl (C=O) groups excluding carboxylic acids is 1. The molecule has 1 fully saturated rings. The van der Waals surface area contributed by atoms with Gasteiger partial charge in [0.15, 0.2) is 0 Å². The molecule has 25 heavy (non-hydrogen) atoms. The molecule has 138 valence electrons. The molecular formula is C19H28N2O3S. The van der Waals surface area contributed by atoms with Crippen molar-refractivity contribution in [3.63, 3.8) is 0 Å². The lowest BCUT2D eigenvalue weighted by Gasteiger charge is -2.25. The third kappa shape index (κ3) is 6.04. The van der Waals surface area contributed by atoms with Gasteiger partial charge in [0, 0.05) is 30.4 Å². The number of aliphatic carboxylic acids is 1. The molecule has 1 aromatic carbocycles. The summed E-state index contributed by atoms with van der Waals surface area (Å²) in [5.41, 5.74) is 1.98. The fourth-order valence-corrected chi connectivity index (χ4v) is 3.84. The van der Waals surface area contributed by atoms with E-state index in [2.05, 4.69) is 6.92 Å². The van der Waals surface area contributed by atoms with Crippen LogP contribution in [0.5, 0.6) is 0 Å². The molecule has 0 aromatic heterocycles. The summed E-state index contributed by atoms with van der Waals surface area (Å²) in [6, 6.07) is 8.15. The largest absolute Gasteiger partial charge is 0.480 e. The standard InChI is InChI=1S/C19H28N2O3S/c1-3-25-14-15-6-8-16(9-7-15)19(24)21-11-4-5-17(10-12-21)20(2)13-18(22)23/h6-9,17H,3-5,10-14H2,1-2H3,(H,22,23). The minimum atomic E-state index is -0.805. The fourth-order valence-electron chi connectivity index (χ4n) is 3.21. The van der Waals surface area contributed by atoms with Crippen LogP contribution in [0.4, 0.5) is 0 Å². The summed E-state index contributed by atoms with van der Waals surface area (Å²) in [6.07, 6.45) is 2.66. The topological polar surface area (TPSA) is 60.9 Å². The lowest BCUT2D eigenvalue weighted by Crippen LogP contribution is -2.37. The lowest BCUT2D eigenvalue weighted by molar-refractivity contribution is -0.138. The van der Waals surface area contributed by atoms with Crippen molar-refractivity contribution < 1.29 is 14.7 Å². The molecule has 6 heteroatoms. The van der Waals surface area contributed by atoms with Gasteiger partial charge < -0.3 is 10.0 Å². The maximum Gasteiger partial charge on any atom is 0.317 e. The van der Waals surface area contributed by atoms with E-state index >= 15 is 0 Å². The molecule has 1 atom stereocenters. The zero-order chi connectivity index (χ0) is 18.2. The average molecular weight is 365 g/mol. The Labute approximate surface area is 154 Å². The molecule has 1 N–H and O–H groups in total. The summed E-state index contributed by atoms with van der Waals surface area (Å²) in [6.45, 7) is 3.61. The third-order valence-electron chi connectivity index (χ3n) is 4.67. The zero-order valence-electron chi connectivity index (χ0n) is 15.1. The monoisotopic (exact) mass is 364 g/mol. The molecule has 0 spiro atoms. The SMILES string of the molecule is CCSCc1ccc(C(=O)N2CCCC(N(C)CC(=O)O)CC2)cc1. The molecule has 1 aromatic rings. The summed E-state index contributed by atoms with van der Waals surface area (Å²) < 4.78 is 0. The number of rotatable bonds is 7. The highest BCUT2D eigenvalue weighted by atomic mass is 32.2. The van der Waals surface area contributed by atoms with Crippen molar-refractivity contribution in [3.8, 4) is 0 Å². The van der Waals surface area contributed by atoms with E-state index in [1.54, 1.807) is 0 Å².